The van der Waals surface area contributed by atoms with Gasteiger partial charge >= 0.3 is 5.97 Å². The zero-order valence-electron chi connectivity index (χ0n) is 16.5. The van der Waals surface area contributed by atoms with E-state index in [1.54, 1.807) is 0 Å². The molecular formula is C22H29N3O2. The van der Waals surface area contributed by atoms with E-state index in [0.29, 0.717) is 12.6 Å². The molecule has 4 rings (SSSR count). The lowest BCUT2D eigenvalue weighted by Gasteiger charge is -2.35. The molecule has 1 aromatic carbocycles. The van der Waals surface area contributed by atoms with Crippen molar-refractivity contribution < 1.29 is 9.53 Å². The second kappa shape index (κ2) is 7.12. The summed E-state index contributed by atoms with van der Waals surface area (Å²) >= 11 is 0. The monoisotopic (exact) mass is 367 g/mol. The molecule has 2 aromatic rings. The van der Waals surface area contributed by atoms with Crippen molar-refractivity contribution in [1.82, 2.24) is 14.5 Å². The summed E-state index contributed by atoms with van der Waals surface area (Å²) in [6.45, 7) is 5.22. The van der Waals surface area contributed by atoms with Crippen LogP contribution in [0.5, 0.6) is 0 Å². The molecule has 0 radical (unpaired) electrons. The van der Waals surface area contributed by atoms with Crippen LogP contribution in [0.25, 0.3) is 0 Å². The van der Waals surface area contributed by atoms with E-state index in [1.165, 1.54) is 11.3 Å². The van der Waals surface area contributed by atoms with Crippen LogP contribution in [-0.4, -0.2) is 39.1 Å². The van der Waals surface area contributed by atoms with Crippen LogP contribution in [0.4, 0.5) is 0 Å². The SMILES string of the molecule is CCOC(=O)[C@]1(Cc2ccccc2)C[C@@H]2CC[C@H]1N2Cc1cnc(C)n1C. The number of hydrogen-bond acceptors (Lipinski definition) is 4. The number of esters is 1. The van der Waals surface area contributed by atoms with E-state index >= 15 is 0 Å². The molecule has 3 atom stereocenters. The molecule has 5 heteroatoms. The molecular weight excluding hydrogens is 338 g/mol. The molecule has 2 aliphatic heterocycles. The lowest BCUT2D eigenvalue weighted by atomic mass is 9.70. The van der Waals surface area contributed by atoms with Crippen LogP contribution in [0.15, 0.2) is 36.5 Å². The third kappa shape index (κ3) is 3.08. The molecule has 0 aliphatic carbocycles. The number of carbonyl (C=O) groups is 1. The number of fused-ring (bicyclic) bond motifs is 2. The van der Waals surface area contributed by atoms with Crippen LogP contribution in [0.1, 0.15) is 43.3 Å². The highest BCUT2D eigenvalue weighted by molar-refractivity contribution is 5.79. The number of aryl methyl sites for hydroxylation is 1. The molecule has 27 heavy (non-hydrogen) atoms. The molecule has 2 bridgehead atoms. The van der Waals surface area contributed by atoms with E-state index < -0.39 is 5.41 Å². The summed E-state index contributed by atoms with van der Waals surface area (Å²) in [7, 11) is 2.07. The maximum Gasteiger partial charge on any atom is 0.314 e. The first-order valence-corrected chi connectivity index (χ1v) is 9.99. The van der Waals surface area contributed by atoms with Crippen LogP contribution < -0.4 is 0 Å². The van der Waals surface area contributed by atoms with E-state index in [4.69, 9.17) is 4.74 Å². The average Bonchev–Trinajstić information content (AvgIpc) is 3.30. The van der Waals surface area contributed by atoms with Crippen LogP contribution in [0.2, 0.25) is 0 Å². The van der Waals surface area contributed by atoms with Gasteiger partial charge in [-0.25, -0.2) is 4.98 Å². The lowest BCUT2D eigenvalue weighted by molar-refractivity contribution is -0.157. The summed E-state index contributed by atoms with van der Waals surface area (Å²) in [5.41, 5.74) is 1.99. The zero-order valence-corrected chi connectivity index (χ0v) is 16.5. The standard InChI is InChI=1S/C22H29N3O2/c1-4-27-21(26)22(12-17-8-6-5-7-9-17)13-18-10-11-20(22)25(18)15-19-14-23-16(2)24(19)3/h5-9,14,18,20H,4,10-13,15H2,1-3H3/t18-,20+,22+/m0/s1. The van der Waals surface area contributed by atoms with E-state index in [1.807, 2.05) is 26.1 Å². The van der Waals surface area contributed by atoms with Crippen molar-refractivity contribution in [2.24, 2.45) is 12.5 Å². The van der Waals surface area contributed by atoms with Crippen molar-refractivity contribution in [2.45, 2.75) is 58.2 Å². The molecule has 1 aromatic heterocycles. The van der Waals surface area contributed by atoms with Gasteiger partial charge in [0, 0.05) is 31.9 Å². The minimum atomic E-state index is -0.437. The van der Waals surface area contributed by atoms with E-state index in [9.17, 15) is 4.79 Å². The van der Waals surface area contributed by atoms with Gasteiger partial charge in [-0.1, -0.05) is 30.3 Å². The molecule has 5 nitrogen and oxygen atoms in total. The highest BCUT2D eigenvalue weighted by atomic mass is 16.5. The molecule has 0 spiro atoms. The van der Waals surface area contributed by atoms with Crippen molar-refractivity contribution in [3.8, 4) is 0 Å². The number of benzene rings is 1. The Balaban J connectivity index is 1.64. The van der Waals surface area contributed by atoms with Gasteiger partial charge in [0.1, 0.15) is 5.82 Å². The van der Waals surface area contributed by atoms with Gasteiger partial charge in [0.25, 0.3) is 0 Å². The van der Waals surface area contributed by atoms with Gasteiger partial charge in [-0.05, 0) is 45.1 Å². The fourth-order valence-electron chi connectivity index (χ4n) is 5.14. The summed E-state index contributed by atoms with van der Waals surface area (Å²) in [4.78, 5) is 20.1. The Hall–Kier alpha value is -2.14. The average molecular weight is 367 g/mol. The van der Waals surface area contributed by atoms with Crippen LogP contribution in [0, 0.1) is 12.3 Å². The maximum atomic E-state index is 13.2. The summed E-state index contributed by atoms with van der Waals surface area (Å²) in [6, 6.07) is 11.1. The lowest BCUT2D eigenvalue weighted by Crippen LogP contribution is -2.46. The predicted molar refractivity (Wildman–Crippen MR) is 104 cm³/mol. The number of aromatic nitrogens is 2. The number of hydrogen-bond donors (Lipinski definition) is 0. The Kier molecular flexibility index (Phi) is 4.81. The molecule has 0 amide bonds. The van der Waals surface area contributed by atoms with Crippen LogP contribution >= 0.6 is 0 Å². The van der Waals surface area contributed by atoms with Crippen LogP contribution in [-0.2, 0) is 29.5 Å². The minimum Gasteiger partial charge on any atom is -0.466 e. The number of imidazole rings is 1. The number of nitrogens with zero attached hydrogens (tertiary/aromatic N) is 3. The molecule has 144 valence electrons. The molecule has 3 heterocycles. The molecule has 0 unspecified atom stereocenters. The Morgan fingerprint density at radius 3 is 2.74 bits per heavy atom. The Morgan fingerprint density at radius 1 is 1.30 bits per heavy atom. The number of rotatable bonds is 6. The van der Waals surface area contributed by atoms with Gasteiger partial charge in [-0.15, -0.1) is 0 Å². The first-order chi connectivity index (χ1) is 13.0. The van der Waals surface area contributed by atoms with Crippen molar-refractivity contribution in [3.05, 3.63) is 53.6 Å². The first-order valence-electron chi connectivity index (χ1n) is 9.99. The largest absolute Gasteiger partial charge is 0.466 e. The smallest absolute Gasteiger partial charge is 0.314 e. The quantitative estimate of drug-likeness (QED) is 0.736. The van der Waals surface area contributed by atoms with E-state index in [0.717, 1.165) is 38.1 Å². The first kappa shape index (κ1) is 18.2. The normalized spacial score (nSPS) is 27.2. The van der Waals surface area contributed by atoms with Gasteiger partial charge in [0.15, 0.2) is 0 Å². The van der Waals surface area contributed by atoms with Gasteiger partial charge in [0.2, 0.25) is 0 Å². The fourth-order valence-corrected chi connectivity index (χ4v) is 5.14. The topological polar surface area (TPSA) is 47.4 Å². The number of carbonyl (C=O) groups excluding carboxylic acids is 1. The van der Waals surface area contributed by atoms with Gasteiger partial charge in [-0.3, -0.25) is 9.69 Å². The van der Waals surface area contributed by atoms with E-state index in [2.05, 4.69) is 45.8 Å². The summed E-state index contributed by atoms with van der Waals surface area (Å²) in [5.74, 6) is 1.00. The second-order valence-electron chi connectivity index (χ2n) is 8.02. The molecule has 0 N–H and O–H groups in total. The Morgan fingerprint density at radius 2 is 2.07 bits per heavy atom. The Labute approximate surface area is 161 Å². The summed E-state index contributed by atoms with van der Waals surface area (Å²) in [6.07, 6.45) is 5.85. The molecule has 0 saturated carbocycles. The Bertz CT molecular complexity index is 816. The molecule has 2 fully saturated rings. The van der Waals surface area contributed by atoms with Gasteiger partial charge < -0.3 is 9.30 Å². The molecule has 2 saturated heterocycles. The third-order valence-corrected chi connectivity index (χ3v) is 6.59. The predicted octanol–water partition coefficient (Wildman–Crippen LogP) is 3.26. The molecule has 2 aliphatic rings. The van der Waals surface area contributed by atoms with Crippen molar-refractivity contribution in [1.29, 1.82) is 0 Å². The minimum absolute atomic E-state index is 0.0211. The van der Waals surface area contributed by atoms with E-state index in [-0.39, 0.29) is 12.0 Å². The van der Waals surface area contributed by atoms with Gasteiger partial charge in [0.05, 0.1) is 17.7 Å². The van der Waals surface area contributed by atoms with Crippen molar-refractivity contribution in [2.75, 3.05) is 6.61 Å². The fraction of sp³-hybridized carbons (Fsp3) is 0.545. The highest BCUT2D eigenvalue weighted by Gasteiger charge is 2.60. The maximum absolute atomic E-state index is 13.2. The summed E-state index contributed by atoms with van der Waals surface area (Å²) in [5, 5.41) is 0. The summed E-state index contributed by atoms with van der Waals surface area (Å²) < 4.78 is 7.75. The zero-order chi connectivity index (χ0) is 19.0. The van der Waals surface area contributed by atoms with Crippen molar-refractivity contribution in [3.63, 3.8) is 0 Å². The van der Waals surface area contributed by atoms with Crippen molar-refractivity contribution >= 4 is 5.97 Å². The third-order valence-electron chi connectivity index (χ3n) is 6.59. The van der Waals surface area contributed by atoms with Gasteiger partial charge in [-0.2, -0.15) is 0 Å². The second-order valence-corrected chi connectivity index (χ2v) is 8.02. The van der Waals surface area contributed by atoms with Crippen LogP contribution in [0.3, 0.4) is 0 Å². The number of ether oxygens (including phenoxy) is 1. The highest BCUT2D eigenvalue weighted by Crippen LogP contribution is 2.52.